The fourth-order valence-corrected chi connectivity index (χ4v) is 9.80. The number of fused-ring (bicyclic) bond motifs is 5. The van der Waals surface area contributed by atoms with Crippen molar-refractivity contribution in [1.29, 1.82) is 0 Å². The first-order valence-corrected chi connectivity index (χ1v) is 12.8. The quantitative estimate of drug-likeness (QED) is 0.559. The Morgan fingerprint density at radius 3 is 2.43 bits per heavy atom. The summed E-state index contributed by atoms with van der Waals surface area (Å²) in [5.41, 5.74) is 1.61. The molecule has 28 heavy (non-hydrogen) atoms. The SMILES string of the molecule is C[C@]12CCC(=O)C=C1C[C@@H](SC1CCCCC1)[C@@H]1[C@@H]2CC[C@]2(C)C(=O)CC[C@@H]12. The van der Waals surface area contributed by atoms with Crippen LogP contribution in [-0.2, 0) is 9.59 Å². The third-order valence-corrected chi connectivity index (χ3v) is 11.3. The van der Waals surface area contributed by atoms with E-state index in [1.54, 1.807) is 0 Å². The Balaban J connectivity index is 1.51. The predicted octanol–water partition coefficient (Wildman–Crippen LogP) is 6.13. The lowest BCUT2D eigenvalue weighted by molar-refractivity contribution is -0.132. The second kappa shape index (κ2) is 7.00. The second-order valence-corrected chi connectivity index (χ2v) is 12.4. The molecule has 154 valence electrons. The zero-order chi connectivity index (χ0) is 19.5. The van der Waals surface area contributed by atoms with Crippen LogP contribution in [-0.4, -0.2) is 22.1 Å². The summed E-state index contributed by atoms with van der Waals surface area (Å²) in [6.45, 7) is 4.76. The van der Waals surface area contributed by atoms with E-state index in [9.17, 15) is 9.59 Å². The van der Waals surface area contributed by atoms with Gasteiger partial charge in [0.15, 0.2) is 5.78 Å². The third kappa shape index (κ3) is 2.89. The molecule has 0 aromatic heterocycles. The van der Waals surface area contributed by atoms with Gasteiger partial charge < -0.3 is 0 Å². The molecule has 3 heteroatoms. The van der Waals surface area contributed by atoms with E-state index in [2.05, 4.69) is 25.6 Å². The standard InChI is InChI=1S/C25H36O2S/c1-24-12-10-17(26)14-16(24)15-21(28-18-6-4-3-5-7-18)23-19-8-9-22(27)25(19,2)13-11-20(23)24/h14,18-21,23H,3-13,15H2,1-2H3/t19-,20-,21+,23-,24-,25-/m0/s1. The number of carbonyl (C=O) groups excluding carboxylic acids is 2. The number of Topliss-reactive ketones (excluding diaryl/α,β-unsaturated/α-hetero) is 1. The van der Waals surface area contributed by atoms with Gasteiger partial charge in [-0.3, -0.25) is 9.59 Å². The van der Waals surface area contributed by atoms with Gasteiger partial charge in [0.1, 0.15) is 5.78 Å². The number of hydrogen-bond donors (Lipinski definition) is 0. The van der Waals surface area contributed by atoms with Gasteiger partial charge in [0, 0.05) is 28.8 Å². The van der Waals surface area contributed by atoms with E-state index in [4.69, 9.17) is 0 Å². The van der Waals surface area contributed by atoms with E-state index < -0.39 is 0 Å². The summed E-state index contributed by atoms with van der Waals surface area (Å²) < 4.78 is 0. The highest BCUT2D eigenvalue weighted by Gasteiger charge is 2.61. The fraction of sp³-hybridized carbons (Fsp3) is 0.840. The van der Waals surface area contributed by atoms with Gasteiger partial charge in [-0.15, -0.1) is 0 Å². The molecule has 0 aromatic carbocycles. The van der Waals surface area contributed by atoms with Gasteiger partial charge in [0.2, 0.25) is 0 Å². The monoisotopic (exact) mass is 400 g/mol. The van der Waals surface area contributed by atoms with Gasteiger partial charge in [-0.2, -0.15) is 11.8 Å². The topological polar surface area (TPSA) is 34.1 Å². The molecule has 6 atom stereocenters. The maximum absolute atomic E-state index is 12.8. The van der Waals surface area contributed by atoms with Gasteiger partial charge in [0.05, 0.1) is 0 Å². The lowest BCUT2D eigenvalue weighted by atomic mass is 9.47. The third-order valence-electron chi connectivity index (χ3n) is 9.59. The average Bonchev–Trinajstić information content (AvgIpc) is 2.99. The number of rotatable bonds is 2. The maximum atomic E-state index is 12.8. The smallest absolute Gasteiger partial charge is 0.155 e. The average molecular weight is 401 g/mol. The van der Waals surface area contributed by atoms with E-state index >= 15 is 0 Å². The van der Waals surface area contributed by atoms with Gasteiger partial charge >= 0.3 is 0 Å². The van der Waals surface area contributed by atoms with Crippen molar-refractivity contribution in [2.24, 2.45) is 28.6 Å². The van der Waals surface area contributed by atoms with Crippen molar-refractivity contribution >= 4 is 23.3 Å². The summed E-state index contributed by atoms with van der Waals surface area (Å²) in [6.07, 6.45) is 16.0. The van der Waals surface area contributed by atoms with Gasteiger partial charge in [-0.1, -0.05) is 38.7 Å². The van der Waals surface area contributed by atoms with Crippen molar-refractivity contribution in [2.45, 2.75) is 101 Å². The Hall–Kier alpha value is -0.570. The van der Waals surface area contributed by atoms with E-state index in [0.717, 1.165) is 43.8 Å². The maximum Gasteiger partial charge on any atom is 0.155 e. The Labute approximate surface area is 174 Å². The fourth-order valence-electron chi connectivity index (χ4n) is 7.86. The first kappa shape index (κ1) is 19.4. The summed E-state index contributed by atoms with van der Waals surface area (Å²) in [5, 5.41) is 1.42. The predicted molar refractivity (Wildman–Crippen MR) is 115 cm³/mol. The summed E-state index contributed by atoms with van der Waals surface area (Å²) in [5.74, 6) is 2.82. The number of thioether (sulfide) groups is 1. The number of allylic oxidation sites excluding steroid dienone is 1. The molecule has 0 amide bonds. The molecule has 0 spiro atoms. The van der Waals surface area contributed by atoms with E-state index in [0.29, 0.717) is 34.6 Å². The molecule has 0 heterocycles. The Bertz CT molecular complexity index is 705. The molecule has 0 bridgehead atoms. The summed E-state index contributed by atoms with van der Waals surface area (Å²) in [6, 6.07) is 0. The van der Waals surface area contributed by atoms with Gasteiger partial charge in [-0.25, -0.2) is 0 Å². The molecule has 5 rings (SSSR count). The van der Waals surface area contributed by atoms with E-state index in [-0.39, 0.29) is 10.8 Å². The first-order chi connectivity index (χ1) is 13.4. The first-order valence-electron chi connectivity index (χ1n) is 11.8. The van der Waals surface area contributed by atoms with Crippen LogP contribution in [0.15, 0.2) is 11.6 Å². The second-order valence-electron chi connectivity index (χ2n) is 10.9. The minimum absolute atomic E-state index is 0.0609. The molecule has 4 fully saturated rings. The summed E-state index contributed by atoms with van der Waals surface area (Å²) >= 11 is 2.27. The highest BCUT2D eigenvalue weighted by atomic mass is 32.2. The highest BCUT2D eigenvalue weighted by Crippen LogP contribution is 2.66. The van der Waals surface area contributed by atoms with Crippen molar-refractivity contribution in [1.82, 2.24) is 0 Å². The van der Waals surface area contributed by atoms with Crippen LogP contribution in [0.2, 0.25) is 0 Å². The van der Waals surface area contributed by atoms with Crippen LogP contribution in [0.25, 0.3) is 0 Å². The van der Waals surface area contributed by atoms with Crippen LogP contribution in [0.3, 0.4) is 0 Å². The van der Waals surface area contributed by atoms with Crippen LogP contribution >= 0.6 is 11.8 Å². The number of ketones is 2. The van der Waals surface area contributed by atoms with Crippen LogP contribution in [0.5, 0.6) is 0 Å². The normalized spacial score (nSPS) is 46.6. The number of carbonyl (C=O) groups is 2. The molecule has 0 aliphatic heterocycles. The molecule has 2 nitrogen and oxygen atoms in total. The minimum atomic E-state index is -0.0609. The summed E-state index contributed by atoms with van der Waals surface area (Å²) in [4.78, 5) is 25.1. The molecule has 0 N–H and O–H groups in total. The van der Waals surface area contributed by atoms with E-state index in [1.165, 1.54) is 44.1 Å². The molecule has 0 aromatic rings. The molecule has 0 saturated heterocycles. The van der Waals surface area contributed by atoms with Crippen LogP contribution in [0.4, 0.5) is 0 Å². The van der Waals surface area contributed by atoms with Crippen LogP contribution in [0, 0.1) is 28.6 Å². The Morgan fingerprint density at radius 1 is 0.893 bits per heavy atom. The zero-order valence-corrected chi connectivity index (χ0v) is 18.5. The molecular weight excluding hydrogens is 364 g/mol. The Morgan fingerprint density at radius 2 is 1.64 bits per heavy atom. The zero-order valence-electron chi connectivity index (χ0n) is 17.7. The van der Waals surface area contributed by atoms with Crippen molar-refractivity contribution in [2.75, 3.05) is 0 Å². The van der Waals surface area contributed by atoms with Crippen molar-refractivity contribution < 1.29 is 9.59 Å². The number of hydrogen-bond acceptors (Lipinski definition) is 3. The van der Waals surface area contributed by atoms with Crippen molar-refractivity contribution in [3.63, 3.8) is 0 Å². The minimum Gasteiger partial charge on any atom is -0.299 e. The van der Waals surface area contributed by atoms with Crippen molar-refractivity contribution in [3.05, 3.63) is 11.6 Å². The largest absolute Gasteiger partial charge is 0.299 e. The highest BCUT2D eigenvalue weighted by molar-refractivity contribution is 8.00. The van der Waals surface area contributed by atoms with Crippen LogP contribution < -0.4 is 0 Å². The lowest BCUT2D eigenvalue weighted by Crippen LogP contribution is -2.55. The van der Waals surface area contributed by atoms with Crippen LogP contribution in [0.1, 0.15) is 90.9 Å². The summed E-state index contributed by atoms with van der Waals surface area (Å²) in [7, 11) is 0. The molecule has 5 aliphatic rings. The Kier molecular flexibility index (Phi) is 4.85. The molecule has 4 saturated carbocycles. The van der Waals surface area contributed by atoms with E-state index in [1.807, 2.05) is 6.08 Å². The van der Waals surface area contributed by atoms with Gasteiger partial charge in [0.25, 0.3) is 0 Å². The molecular formula is C25H36O2S. The molecule has 5 aliphatic carbocycles. The van der Waals surface area contributed by atoms with Gasteiger partial charge in [-0.05, 0) is 74.2 Å². The molecule has 0 radical (unpaired) electrons. The van der Waals surface area contributed by atoms with Crippen molar-refractivity contribution in [3.8, 4) is 0 Å². The molecule has 0 unspecified atom stereocenters. The lowest BCUT2D eigenvalue weighted by Gasteiger charge is -2.59.